The fraction of sp³-hybridized carbons (Fsp3) is 0.167. The van der Waals surface area contributed by atoms with E-state index in [1.165, 1.54) is 6.07 Å². The Morgan fingerprint density at radius 3 is 3.00 bits per heavy atom. The summed E-state index contributed by atoms with van der Waals surface area (Å²) in [6.45, 7) is 0.0675. The van der Waals surface area contributed by atoms with E-state index in [1.54, 1.807) is 24.5 Å². The van der Waals surface area contributed by atoms with Gasteiger partial charge in [-0.3, -0.25) is 4.98 Å². The van der Waals surface area contributed by atoms with Crippen LogP contribution in [0.1, 0.15) is 5.56 Å². The lowest BCUT2D eigenvalue weighted by Gasteiger charge is -2.05. The first-order chi connectivity index (χ1) is 8.16. The second-order valence-corrected chi connectivity index (χ2v) is 3.58. The summed E-state index contributed by atoms with van der Waals surface area (Å²) in [5, 5.41) is 1.64. The molecule has 0 atom stereocenters. The highest BCUT2D eigenvalue weighted by molar-refractivity contribution is 5.82. The van der Waals surface area contributed by atoms with Crippen LogP contribution < -0.4 is 5.73 Å². The molecule has 1 heterocycles. The third kappa shape index (κ3) is 2.69. The summed E-state index contributed by atoms with van der Waals surface area (Å²) >= 11 is 0. The van der Waals surface area contributed by atoms with Crippen LogP contribution in [-0.4, -0.2) is 17.7 Å². The van der Waals surface area contributed by atoms with Crippen molar-refractivity contribution in [3.63, 3.8) is 0 Å². The number of nitrogens with two attached hydrogens (primary N) is 1. The fourth-order valence-electron chi connectivity index (χ4n) is 1.61. The summed E-state index contributed by atoms with van der Waals surface area (Å²) in [5.74, 6) is -0.322. The van der Waals surface area contributed by atoms with E-state index in [0.717, 1.165) is 10.8 Å². The van der Waals surface area contributed by atoms with Gasteiger partial charge >= 0.3 is 6.09 Å². The van der Waals surface area contributed by atoms with Crippen LogP contribution in [0.3, 0.4) is 0 Å². The van der Waals surface area contributed by atoms with Crippen LogP contribution in [0.25, 0.3) is 10.8 Å². The zero-order chi connectivity index (χ0) is 12.3. The number of carbonyl (C=O) groups is 1. The third-order valence-electron chi connectivity index (χ3n) is 2.42. The van der Waals surface area contributed by atoms with Crippen LogP contribution in [0.2, 0.25) is 0 Å². The van der Waals surface area contributed by atoms with Crippen molar-refractivity contribution in [2.45, 2.75) is 6.42 Å². The number of amides is 1. The van der Waals surface area contributed by atoms with Crippen LogP contribution in [-0.2, 0) is 11.2 Å². The molecular weight excluding hydrogens is 223 g/mol. The monoisotopic (exact) mass is 234 g/mol. The quantitative estimate of drug-likeness (QED) is 0.883. The highest BCUT2D eigenvalue weighted by atomic mass is 19.1. The van der Waals surface area contributed by atoms with Crippen molar-refractivity contribution >= 4 is 16.9 Å². The maximum atomic E-state index is 13.7. The average molecular weight is 234 g/mol. The second kappa shape index (κ2) is 4.78. The molecule has 88 valence electrons. The minimum atomic E-state index is -0.854. The van der Waals surface area contributed by atoms with Crippen molar-refractivity contribution in [1.29, 1.82) is 0 Å². The lowest BCUT2D eigenvalue weighted by molar-refractivity contribution is 0.158. The lowest BCUT2D eigenvalue weighted by Crippen LogP contribution is -2.15. The molecule has 0 saturated heterocycles. The van der Waals surface area contributed by atoms with Crippen LogP contribution in [0.5, 0.6) is 0 Å². The van der Waals surface area contributed by atoms with Gasteiger partial charge < -0.3 is 10.5 Å². The number of pyridine rings is 1. The Balaban J connectivity index is 2.22. The van der Waals surface area contributed by atoms with Gasteiger partial charge in [0.2, 0.25) is 0 Å². The van der Waals surface area contributed by atoms with E-state index in [0.29, 0.717) is 12.0 Å². The molecule has 0 spiro atoms. The predicted octanol–water partition coefficient (Wildman–Crippen LogP) is 2.01. The molecule has 1 aromatic heterocycles. The van der Waals surface area contributed by atoms with Crippen molar-refractivity contribution < 1.29 is 13.9 Å². The van der Waals surface area contributed by atoms with E-state index in [4.69, 9.17) is 5.73 Å². The molecule has 0 aliphatic heterocycles. The van der Waals surface area contributed by atoms with Crippen LogP contribution in [0, 0.1) is 5.82 Å². The normalized spacial score (nSPS) is 10.4. The van der Waals surface area contributed by atoms with Gasteiger partial charge in [0.25, 0.3) is 0 Å². The van der Waals surface area contributed by atoms with Crippen molar-refractivity contribution in [2.24, 2.45) is 5.73 Å². The van der Waals surface area contributed by atoms with Crippen molar-refractivity contribution in [3.8, 4) is 0 Å². The molecule has 2 rings (SSSR count). The summed E-state index contributed by atoms with van der Waals surface area (Å²) in [7, 11) is 0. The molecule has 5 heteroatoms. The zero-order valence-corrected chi connectivity index (χ0v) is 9.02. The molecule has 0 bridgehead atoms. The van der Waals surface area contributed by atoms with Crippen LogP contribution in [0.4, 0.5) is 9.18 Å². The number of halogens is 1. The van der Waals surface area contributed by atoms with Crippen LogP contribution >= 0.6 is 0 Å². The topological polar surface area (TPSA) is 65.2 Å². The second-order valence-electron chi connectivity index (χ2n) is 3.58. The Kier molecular flexibility index (Phi) is 3.18. The molecule has 0 saturated carbocycles. The van der Waals surface area contributed by atoms with Crippen molar-refractivity contribution in [2.75, 3.05) is 6.61 Å². The number of rotatable bonds is 3. The third-order valence-corrected chi connectivity index (χ3v) is 2.42. The SMILES string of the molecule is NC(=O)OCCc1cc2cnccc2cc1F. The Bertz CT molecular complexity index is 557. The minimum Gasteiger partial charge on any atom is -0.449 e. The average Bonchev–Trinajstić information content (AvgIpc) is 2.29. The fourth-order valence-corrected chi connectivity index (χ4v) is 1.61. The number of primary amides is 1. The number of hydrogen-bond donors (Lipinski definition) is 1. The van der Waals surface area contributed by atoms with Gasteiger partial charge in [0.05, 0.1) is 6.61 Å². The highest BCUT2D eigenvalue weighted by Gasteiger charge is 2.05. The van der Waals surface area contributed by atoms with Gasteiger partial charge in [-0.1, -0.05) is 0 Å². The summed E-state index contributed by atoms with van der Waals surface area (Å²) in [6.07, 6.45) is 2.71. The molecule has 0 aliphatic carbocycles. The summed E-state index contributed by atoms with van der Waals surface area (Å²) in [4.78, 5) is 14.3. The number of ether oxygens (including phenoxy) is 1. The number of nitrogens with zero attached hydrogens (tertiary/aromatic N) is 1. The van der Waals surface area contributed by atoms with Gasteiger partial charge in [-0.2, -0.15) is 0 Å². The zero-order valence-electron chi connectivity index (χ0n) is 9.02. The maximum Gasteiger partial charge on any atom is 0.404 e. The molecule has 0 fully saturated rings. The number of carbonyl (C=O) groups excluding carboxylic acids is 1. The van der Waals surface area contributed by atoms with Gasteiger partial charge in [-0.15, -0.1) is 0 Å². The summed E-state index contributed by atoms with van der Waals surface area (Å²) < 4.78 is 18.2. The minimum absolute atomic E-state index is 0.0675. The van der Waals surface area contributed by atoms with E-state index in [1.807, 2.05) is 0 Å². The van der Waals surface area contributed by atoms with E-state index in [-0.39, 0.29) is 12.4 Å². The van der Waals surface area contributed by atoms with Gasteiger partial charge in [0, 0.05) is 24.2 Å². The first-order valence-corrected chi connectivity index (χ1v) is 5.11. The molecule has 17 heavy (non-hydrogen) atoms. The van der Waals surface area contributed by atoms with Gasteiger partial charge in [0.1, 0.15) is 5.82 Å². The number of benzene rings is 1. The highest BCUT2D eigenvalue weighted by Crippen LogP contribution is 2.18. The molecule has 0 aliphatic rings. The molecule has 0 radical (unpaired) electrons. The number of hydrogen-bond acceptors (Lipinski definition) is 3. The van der Waals surface area contributed by atoms with Crippen molar-refractivity contribution in [1.82, 2.24) is 4.98 Å². The smallest absolute Gasteiger partial charge is 0.404 e. The first kappa shape index (κ1) is 11.3. The van der Waals surface area contributed by atoms with E-state index in [2.05, 4.69) is 9.72 Å². The van der Waals surface area contributed by atoms with Crippen LogP contribution in [0.15, 0.2) is 30.6 Å². The molecule has 0 unspecified atom stereocenters. The van der Waals surface area contributed by atoms with E-state index < -0.39 is 6.09 Å². The van der Waals surface area contributed by atoms with Gasteiger partial charge in [-0.25, -0.2) is 9.18 Å². The molecule has 4 nitrogen and oxygen atoms in total. The molecular formula is C12H11FN2O2. The number of aromatic nitrogens is 1. The Hall–Kier alpha value is -2.17. The van der Waals surface area contributed by atoms with Crippen molar-refractivity contribution in [3.05, 3.63) is 42.0 Å². The van der Waals surface area contributed by atoms with E-state index in [9.17, 15) is 9.18 Å². The Morgan fingerprint density at radius 1 is 1.41 bits per heavy atom. The summed E-state index contributed by atoms with van der Waals surface area (Å²) in [6, 6.07) is 4.88. The Labute approximate surface area is 97.2 Å². The summed E-state index contributed by atoms with van der Waals surface area (Å²) in [5.41, 5.74) is 5.30. The molecule has 2 N–H and O–H groups in total. The Morgan fingerprint density at radius 2 is 2.24 bits per heavy atom. The van der Waals surface area contributed by atoms with E-state index >= 15 is 0 Å². The van der Waals surface area contributed by atoms with Gasteiger partial charge in [0.15, 0.2) is 0 Å². The maximum absolute atomic E-state index is 13.7. The first-order valence-electron chi connectivity index (χ1n) is 5.11. The molecule has 2 aromatic rings. The number of fused-ring (bicyclic) bond motifs is 1. The molecule has 1 amide bonds. The molecule has 1 aromatic carbocycles. The lowest BCUT2D eigenvalue weighted by atomic mass is 10.1. The largest absolute Gasteiger partial charge is 0.449 e. The van der Waals surface area contributed by atoms with Gasteiger partial charge in [-0.05, 0) is 29.1 Å². The standard InChI is InChI=1S/C12H11FN2O2/c13-11-6-8-1-3-15-7-10(8)5-9(11)2-4-17-12(14)16/h1,3,5-7H,2,4H2,(H2,14,16). The predicted molar refractivity (Wildman–Crippen MR) is 60.9 cm³/mol.